The molecule has 1 aliphatic rings. The van der Waals surface area contributed by atoms with Gasteiger partial charge in [0.05, 0.1) is 0 Å². The Morgan fingerprint density at radius 3 is 2.53 bits per heavy atom. The van der Waals surface area contributed by atoms with E-state index in [2.05, 4.69) is 4.74 Å². The highest BCUT2D eigenvalue weighted by atomic mass is 35.5. The Morgan fingerprint density at radius 2 is 2.05 bits per heavy atom. The van der Waals surface area contributed by atoms with Crippen LogP contribution in [0.2, 0.25) is 5.02 Å². The highest BCUT2D eigenvalue weighted by molar-refractivity contribution is 6.31. The first-order chi connectivity index (χ1) is 8.76. The average Bonchev–Trinajstić information content (AvgIpc) is 2.15. The fourth-order valence-electron chi connectivity index (χ4n) is 1.87. The van der Waals surface area contributed by atoms with Crippen LogP contribution in [-0.2, 0) is 0 Å². The number of carbonyl (C=O) groups is 1. The lowest BCUT2D eigenvalue weighted by molar-refractivity contribution is -0.274. The number of benzene rings is 1. The average molecular weight is 296 g/mol. The maximum absolute atomic E-state index is 12.0. The second kappa shape index (κ2) is 4.80. The minimum Gasteiger partial charge on any atom is -0.465 e. The summed E-state index contributed by atoms with van der Waals surface area (Å²) in [6, 6.07) is 3.67. The summed E-state index contributed by atoms with van der Waals surface area (Å²) in [5.74, 6) is -0.487. The number of hydrogen-bond donors (Lipinski definition) is 1. The fraction of sp³-hybridized carbons (Fsp3) is 0.364. The lowest BCUT2D eigenvalue weighted by Crippen LogP contribution is -2.47. The molecule has 0 aromatic heterocycles. The second-order valence-corrected chi connectivity index (χ2v) is 4.52. The van der Waals surface area contributed by atoms with Gasteiger partial charge in [0.2, 0.25) is 0 Å². The summed E-state index contributed by atoms with van der Waals surface area (Å²) in [5.41, 5.74) is 0.619. The van der Waals surface area contributed by atoms with Gasteiger partial charge in [0, 0.05) is 24.0 Å². The summed E-state index contributed by atoms with van der Waals surface area (Å²) in [7, 11) is 0. The molecule has 1 N–H and O–H groups in total. The Balaban J connectivity index is 2.07. The van der Waals surface area contributed by atoms with Gasteiger partial charge >= 0.3 is 12.5 Å². The van der Waals surface area contributed by atoms with Crippen molar-refractivity contribution >= 4 is 17.7 Å². The first kappa shape index (κ1) is 13.8. The predicted molar refractivity (Wildman–Crippen MR) is 60.5 cm³/mol. The summed E-state index contributed by atoms with van der Waals surface area (Å²) >= 11 is 5.88. The number of likely N-dealkylation sites (tertiary alicyclic amines) is 1. The molecule has 0 atom stereocenters. The molecule has 2 rings (SSSR count). The van der Waals surface area contributed by atoms with Gasteiger partial charge in [-0.3, -0.25) is 0 Å². The standard InChI is InChI=1S/C11H9ClF3NO3/c12-9-3-7(19-11(13,14)15)1-2-8(9)6-4-16(5-6)10(17)18/h1-3,6H,4-5H2,(H,17,18). The van der Waals surface area contributed by atoms with Gasteiger partial charge in [-0.05, 0) is 17.7 Å². The van der Waals surface area contributed by atoms with Crippen molar-refractivity contribution in [2.24, 2.45) is 0 Å². The zero-order valence-corrected chi connectivity index (χ0v) is 10.2. The number of halogens is 4. The summed E-state index contributed by atoms with van der Waals surface area (Å²) in [6.07, 6.45) is -5.79. The molecule has 0 saturated carbocycles. The van der Waals surface area contributed by atoms with Crippen molar-refractivity contribution in [1.29, 1.82) is 0 Å². The molecule has 0 bridgehead atoms. The largest absolute Gasteiger partial charge is 0.573 e. The molecule has 1 aromatic rings. The number of carboxylic acid groups (broad SMARTS) is 1. The Morgan fingerprint density at radius 1 is 1.42 bits per heavy atom. The molecule has 1 aliphatic heterocycles. The van der Waals surface area contributed by atoms with Crippen LogP contribution < -0.4 is 4.74 Å². The Labute approximate surface area is 111 Å². The van der Waals surface area contributed by atoms with Crippen molar-refractivity contribution in [3.63, 3.8) is 0 Å². The lowest BCUT2D eigenvalue weighted by Gasteiger charge is -2.37. The zero-order chi connectivity index (χ0) is 14.2. The quantitative estimate of drug-likeness (QED) is 0.910. The zero-order valence-electron chi connectivity index (χ0n) is 9.45. The molecule has 1 saturated heterocycles. The van der Waals surface area contributed by atoms with Crippen molar-refractivity contribution in [2.45, 2.75) is 12.3 Å². The van der Waals surface area contributed by atoms with Crippen LogP contribution >= 0.6 is 11.6 Å². The van der Waals surface area contributed by atoms with E-state index in [1.807, 2.05) is 0 Å². The third-order valence-corrected chi connectivity index (χ3v) is 3.12. The molecular formula is C11H9ClF3NO3. The number of alkyl halides is 3. The topological polar surface area (TPSA) is 49.8 Å². The molecule has 104 valence electrons. The first-order valence-electron chi connectivity index (χ1n) is 5.29. The molecule has 0 spiro atoms. The van der Waals surface area contributed by atoms with E-state index in [1.54, 1.807) is 0 Å². The van der Waals surface area contributed by atoms with Crippen molar-refractivity contribution in [3.8, 4) is 5.75 Å². The van der Waals surface area contributed by atoms with Crippen molar-refractivity contribution < 1.29 is 27.8 Å². The van der Waals surface area contributed by atoms with Gasteiger partial charge in [-0.1, -0.05) is 17.7 Å². The minimum atomic E-state index is -4.76. The molecule has 1 amide bonds. The Bertz CT molecular complexity index is 500. The van der Waals surface area contributed by atoms with Crippen LogP contribution in [0, 0.1) is 0 Å². The van der Waals surface area contributed by atoms with E-state index in [-0.39, 0.29) is 24.0 Å². The predicted octanol–water partition coefficient (Wildman–Crippen LogP) is 3.32. The SMILES string of the molecule is O=C(O)N1CC(c2ccc(OC(F)(F)F)cc2Cl)C1. The third kappa shape index (κ3) is 3.23. The van der Waals surface area contributed by atoms with Gasteiger partial charge in [0.15, 0.2) is 0 Å². The molecule has 0 radical (unpaired) electrons. The molecule has 1 fully saturated rings. The van der Waals surface area contributed by atoms with Gasteiger partial charge in [0.25, 0.3) is 0 Å². The van der Waals surface area contributed by atoms with Gasteiger partial charge in [-0.15, -0.1) is 13.2 Å². The fourth-order valence-corrected chi connectivity index (χ4v) is 2.19. The smallest absolute Gasteiger partial charge is 0.465 e. The van der Waals surface area contributed by atoms with E-state index in [1.165, 1.54) is 11.0 Å². The second-order valence-electron chi connectivity index (χ2n) is 4.12. The van der Waals surface area contributed by atoms with Crippen LogP contribution in [0.15, 0.2) is 18.2 Å². The Hall–Kier alpha value is -1.63. The van der Waals surface area contributed by atoms with E-state index in [4.69, 9.17) is 16.7 Å². The van der Waals surface area contributed by atoms with E-state index in [0.29, 0.717) is 5.56 Å². The van der Waals surface area contributed by atoms with Crippen molar-refractivity contribution in [1.82, 2.24) is 4.90 Å². The molecule has 4 nitrogen and oxygen atoms in total. The van der Waals surface area contributed by atoms with Crippen LogP contribution in [0.3, 0.4) is 0 Å². The Kier molecular flexibility index (Phi) is 3.49. The summed E-state index contributed by atoms with van der Waals surface area (Å²) < 4.78 is 39.8. The maximum Gasteiger partial charge on any atom is 0.573 e. The van der Waals surface area contributed by atoms with Gasteiger partial charge in [0.1, 0.15) is 5.75 Å². The number of amides is 1. The van der Waals surface area contributed by atoms with Crippen molar-refractivity contribution in [3.05, 3.63) is 28.8 Å². The van der Waals surface area contributed by atoms with E-state index < -0.39 is 18.2 Å². The third-order valence-electron chi connectivity index (χ3n) is 2.80. The van der Waals surface area contributed by atoms with Gasteiger partial charge in [-0.2, -0.15) is 0 Å². The lowest BCUT2D eigenvalue weighted by atomic mass is 9.92. The molecule has 0 aliphatic carbocycles. The highest BCUT2D eigenvalue weighted by Crippen LogP contribution is 2.35. The van der Waals surface area contributed by atoms with Crippen LogP contribution in [0.4, 0.5) is 18.0 Å². The van der Waals surface area contributed by atoms with Crippen molar-refractivity contribution in [2.75, 3.05) is 13.1 Å². The molecule has 8 heteroatoms. The summed E-state index contributed by atoms with van der Waals surface area (Å²) in [6.45, 7) is 0.572. The van der Waals surface area contributed by atoms with Crippen LogP contribution in [0.1, 0.15) is 11.5 Å². The minimum absolute atomic E-state index is 0.0939. The highest BCUT2D eigenvalue weighted by Gasteiger charge is 2.34. The molecule has 1 heterocycles. The van der Waals surface area contributed by atoms with Crippen LogP contribution in [-0.4, -0.2) is 35.6 Å². The number of ether oxygens (including phenoxy) is 1. The van der Waals surface area contributed by atoms with E-state index >= 15 is 0 Å². The number of hydrogen-bond acceptors (Lipinski definition) is 2. The summed E-state index contributed by atoms with van der Waals surface area (Å²) in [4.78, 5) is 11.8. The molecule has 1 aromatic carbocycles. The molecule has 19 heavy (non-hydrogen) atoms. The summed E-state index contributed by atoms with van der Waals surface area (Å²) in [5, 5.41) is 8.82. The van der Waals surface area contributed by atoms with Gasteiger partial charge < -0.3 is 14.7 Å². The number of rotatable bonds is 2. The van der Waals surface area contributed by atoms with Gasteiger partial charge in [-0.25, -0.2) is 4.79 Å². The van der Waals surface area contributed by atoms with Crippen LogP contribution in [0.5, 0.6) is 5.75 Å². The molecular weight excluding hydrogens is 287 g/mol. The molecule has 0 unspecified atom stereocenters. The number of nitrogens with zero attached hydrogens (tertiary/aromatic N) is 1. The monoisotopic (exact) mass is 295 g/mol. The maximum atomic E-state index is 12.0. The van der Waals surface area contributed by atoms with E-state index in [9.17, 15) is 18.0 Å². The van der Waals surface area contributed by atoms with Crippen LogP contribution in [0.25, 0.3) is 0 Å². The first-order valence-corrected chi connectivity index (χ1v) is 5.67. The van der Waals surface area contributed by atoms with E-state index in [0.717, 1.165) is 12.1 Å². The normalized spacial score (nSPS) is 16.1.